The highest BCUT2D eigenvalue weighted by Gasteiger charge is 2.42. The number of carbonyl (C=O) groups is 3. The van der Waals surface area contributed by atoms with Gasteiger partial charge in [-0.15, -0.1) is 0 Å². The molecule has 1 N–H and O–H groups in total. The van der Waals surface area contributed by atoms with Crippen LogP contribution in [-0.2, 0) is 20.8 Å². The van der Waals surface area contributed by atoms with Gasteiger partial charge in [0.2, 0.25) is 17.7 Å². The smallest absolute Gasteiger partial charge is 0.242 e. The summed E-state index contributed by atoms with van der Waals surface area (Å²) in [6.07, 6.45) is 5.70. The Kier molecular flexibility index (Phi) is 12.1. The maximum absolute atomic E-state index is 13.5. The number of aryl methyl sites for hydroxylation is 2. The fourth-order valence-corrected chi connectivity index (χ4v) is 5.77. The third-order valence-electron chi connectivity index (χ3n) is 7.85. The van der Waals surface area contributed by atoms with Gasteiger partial charge in [-0.25, -0.2) is 0 Å². The van der Waals surface area contributed by atoms with Crippen molar-refractivity contribution < 1.29 is 19.1 Å². The Morgan fingerprint density at radius 2 is 1.85 bits per heavy atom. The van der Waals surface area contributed by atoms with Crippen LogP contribution >= 0.6 is 0 Å². The van der Waals surface area contributed by atoms with Crippen molar-refractivity contribution in [3.8, 4) is 5.75 Å². The van der Waals surface area contributed by atoms with Crippen molar-refractivity contribution >= 4 is 17.7 Å². The van der Waals surface area contributed by atoms with Crippen LogP contribution in [0.3, 0.4) is 0 Å². The summed E-state index contributed by atoms with van der Waals surface area (Å²) in [6, 6.07) is 5.54. The van der Waals surface area contributed by atoms with Crippen molar-refractivity contribution in [3.63, 3.8) is 0 Å². The van der Waals surface area contributed by atoms with E-state index in [-0.39, 0.29) is 29.7 Å². The van der Waals surface area contributed by atoms with E-state index >= 15 is 0 Å². The summed E-state index contributed by atoms with van der Waals surface area (Å²) in [7, 11) is 2.12. The lowest BCUT2D eigenvalue weighted by Gasteiger charge is -2.30. The second-order valence-corrected chi connectivity index (χ2v) is 11.7. The number of rotatable bonds is 8. The normalized spacial score (nSPS) is 21.5. The van der Waals surface area contributed by atoms with Crippen LogP contribution in [-0.4, -0.2) is 90.9 Å². The topological polar surface area (TPSA) is 82.2 Å². The van der Waals surface area contributed by atoms with Gasteiger partial charge in [-0.2, -0.15) is 0 Å². The molecule has 0 unspecified atom stereocenters. The Balaban J connectivity index is 1.70. The average molecular weight is 543 g/mol. The van der Waals surface area contributed by atoms with Gasteiger partial charge in [-0.3, -0.25) is 14.4 Å². The van der Waals surface area contributed by atoms with Crippen LogP contribution in [0.15, 0.2) is 18.2 Å². The fraction of sp³-hybridized carbons (Fsp3) is 0.710. The Bertz CT molecular complexity index is 966. The standard InChI is InChI=1S/C31H50N4O4/c1-6-39-28-14-13-25(20-24(28)4)11-9-12-29(36)35-22-26-21-27(35)31(38)32-15-7-8-16-33(5)17-10-18-34(26)30(37)19-23(2)3/h13-14,20,23,26-27H,6-12,15-19,21-22H2,1-5H3,(H,32,38)/t26-,27-/m0/s1. The van der Waals surface area contributed by atoms with Crippen LogP contribution in [0.5, 0.6) is 5.75 Å². The zero-order chi connectivity index (χ0) is 28.4. The highest BCUT2D eigenvalue weighted by atomic mass is 16.5. The largest absolute Gasteiger partial charge is 0.494 e. The molecule has 0 radical (unpaired) electrons. The number of ether oxygens (including phenoxy) is 1. The average Bonchev–Trinajstić information content (AvgIpc) is 3.32. The molecule has 2 saturated heterocycles. The second-order valence-electron chi connectivity index (χ2n) is 11.7. The van der Waals surface area contributed by atoms with Gasteiger partial charge in [0, 0.05) is 32.5 Å². The number of likely N-dealkylation sites (tertiary alicyclic amines) is 1. The first kappa shape index (κ1) is 30.9. The first-order valence-electron chi connectivity index (χ1n) is 15.0. The number of hydrogen-bond donors (Lipinski definition) is 1. The fourth-order valence-electron chi connectivity index (χ4n) is 5.77. The number of hydrogen-bond acceptors (Lipinski definition) is 5. The van der Waals surface area contributed by atoms with Crippen LogP contribution in [0.25, 0.3) is 0 Å². The minimum Gasteiger partial charge on any atom is -0.494 e. The third-order valence-corrected chi connectivity index (χ3v) is 7.85. The van der Waals surface area contributed by atoms with Gasteiger partial charge >= 0.3 is 0 Å². The maximum Gasteiger partial charge on any atom is 0.242 e. The molecule has 0 spiro atoms. The molecule has 2 aliphatic rings. The van der Waals surface area contributed by atoms with Gasteiger partial charge in [-0.1, -0.05) is 26.0 Å². The molecule has 3 rings (SSSR count). The highest BCUT2D eigenvalue weighted by Crippen LogP contribution is 2.26. The van der Waals surface area contributed by atoms with E-state index in [2.05, 4.69) is 43.2 Å². The molecule has 2 heterocycles. The van der Waals surface area contributed by atoms with Crippen molar-refractivity contribution in [2.75, 3.05) is 46.4 Å². The third kappa shape index (κ3) is 9.23. The molecule has 218 valence electrons. The molecule has 3 amide bonds. The number of nitrogens with one attached hydrogen (secondary N) is 1. The van der Waals surface area contributed by atoms with Crippen molar-refractivity contribution in [1.82, 2.24) is 20.0 Å². The van der Waals surface area contributed by atoms with Crippen molar-refractivity contribution in [1.29, 1.82) is 0 Å². The zero-order valence-electron chi connectivity index (χ0n) is 24.8. The predicted octanol–water partition coefficient (Wildman–Crippen LogP) is 3.79. The van der Waals surface area contributed by atoms with Gasteiger partial charge in [0.25, 0.3) is 0 Å². The minimum absolute atomic E-state index is 0.000571. The van der Waals surface area contributed by atoms with E-state index < -0.39 is 6.04 Å². The van der Waals surface area contributed by atoms with Crippen molar-refractivity contribution in [3.05, 3.63) is 29.3 Å². The van der Waals surface area contributed by atoms with Crippen LogP contribution < -0.4 is 10.1 Å². The number of fused-ring (bicyclic) bond motifs is 2. The van der Waals surface area contributed by atoms with E-state index in [4.69, 9.17) is 4.74 Å². The summed E-state index contributed by atoms with van der Waals surface area (Å²) >= 11 is 0. The number of carbonyl (C=O) groups excluding carboxylic acids is 3. The minimum atomic E-state index is -0.518. The summed E-state index contributed by atoms with van der Waals surface area (Å²) in [5.74, 6) is 1.20. The van der Waals surface area contributed by atoms with Crippen molar-refractivity contribution in [2.24, 2.45) is 5.92 Å². The van der Waals surface area contributed by atoms with Gasteiger partial charge in [0.15, 0.2) is 0 Å². The number of nitrogens with zero attached hydrogens (tertiary/aromatic N) is 3. The molecule has 0 saturated carbocycles. The molecule has 2 bridgehead atoms. The molecule has 1 aromatic rings. The van der Waals surface area contributed by atoms with Gasteiger partial charge in [0.1, 0.15) is 11.8 Å². The summed E-state index contributed by atoms with van der Waals surface area (Å²) in [4.78, 5) is 46.1. The van der Waals surface area contributed by atoms with E-state index in [1.54, 1.807) is 4.90 Å². The van der Waals surface area contributed by atoms with E-state index in [0.29, 0.717) is 51.9 Å². The van der Waals surface area contributed by atoms with Crippen molar-refractivity contribution in [2.45, 2.75) is 91.1 Å². The van der Waals surface area contributed by atoms with E-state index in [0.717, 1.165) is 50.1 Å². The van der Waals surface area contributed by atoms with E-state index in [9.17, 15) is 14.4 Å². The Labute approximate surface area is 235 Å². The van der Waals surface area contributed by atoms with Crippen LogP contribution in [0.2, 0.25) is 0 Å². The SMILES string of the molecule is CCOc1ccc(CCCC(=O)N2C[C@@H]3C[C@H]2C(=O)NCCCCN(C)CCCN3C(=O)CC(C)C)cc1C. The summed E-state index contributed by atoms with van der Waals surface area (Å²) in [5.41, 5.74) is 2.28. The first-order valence-corrected chi connectivity index (χ1v) is 15.0. The molecule has 8 nitrogen and oxygen atoms in total. The van der Waals surface area contributed by atoms with Crippen LogP contribution in [0.1, 0.15) is 76.8 Å². The quantitative estimate of drug-likeness (QED) is 0.541. The van der Waals surface area contributed by atoms with Gasteiger partial charge < -0.3 is 24.8 Å². The first-order chi connectivity index (χ1) is 18.7. The monoisotopic (exact) mass is 542 g/mol. The Morgan fingerprint density at radius 3 is 2.56 bits per heavy atom. The lowest BCUT2D eigenvalue weighted by Crippen LogP contribution is -2.46. The molecule has 2 fully saturated rings. The molecule has 0 aromatic heterocycles. The summed E-state index contributed by atoms with van der Waals surface area (Å²) in [5, 5.41) is 3.08. The van der Waals surface area contributed by atoms with Crippen LogP contribution in [0, 0.1) is 12.8 Å². The van der Waals surface area contributed by atoms with Gasteiger partial charge in [-0.05, 0) is 95.6 Å². The molecular weight excluding hydrogens is 492 g/mol. The lowest BCUT2D eigenvalue weighted by atomic mass is 10.0. The Morgan fingerprint density at radius 1 is 1.08 bits per heavy atom. The number of amides is 3. The molecule has 2 atom stereocenters. The van der Waals surface area contributed by atoms with Crippen LogP contribution in [0.4, 0.5) is 0 Å². The molecule has 2 aliphatic heterocycles. The predicted molar refractivity (Wildman–Crippen MR) is 155 cm³/mol. The lowest BCUT2D eigenvalue weighted by molar-refractivity contribution is -0.138. The molecular formula is C31H50N4O4. The molecule has 8 heteroatoms. The zero-order valence-corrected chi connectivity index (χ0v) is 24.8. The highest BCUT2D eigenvalue weighted by molar-refractivity contribution is 5.88. The molecule has 1 aromatic carbocycles. The molecule has 0 aliphatic carbocycles. The summed E-state index contributed by atoms with van der Waals surface area (Å²) in [6.45, 7) is 12.4. The second kappa shape index (κ2) is 15.2. The van der Waals surface area contributed by atoms with Gasteiger partial charge in [0.05, 0.1) is 12.6 Å². The molecule has 39 heavy (non-hydrogen) atoms. The van der Waals surface area contributed by atoms with E-state index in [1.165, 1.54) is 5.56 Å². The number of benzene rings is 1. The van der Waals surface area contributed by atoms with E-state index in [1.807, 2.05) is 24.8 Å². The Hall–Kier alpha value is -2.61. The maximum atomic E-state index is 13.5. The summed E-state index contributed by atoms with van der Waals surface area (Å²) < 4.78 is 5.64.